The molecule has 4 aromatic rings. The molecular weight excluding hydrogens is 1470 g/mol. The van der Waals surface area contributed by atoms with Gasteiger partial charge < -0.3 is 112 Å². The number of benzene rings is 3. The quantitative estimate of drug-likeness (QED) is 0.0230. The lowest BCUT2D eigenvalue weighted by atomic mass is 9.83. The molecule has 0 bridgehead atoms. The fourth-order valence-corrected chi connectivity index (χ4v) is 11.0. The summed E-state index contributed by atoms with van der Waals surface area (Å²) in [6.45, 7) is 10.8. The van der Waals surface area contributed by atoms with Crippen molar-refractivity contribution >= 4 is 81.7 Å². The van der Waals surface area contributed by atoms with Crippen LogP contribution in [-0.2, 0) is 71.1 Å². The molecule has 0 aliphatic carbocycles. The Balaban J connectivity index is 1.34. The van der Waals surface area contributed by atoms with Crippen LogP contribution >= 0.6 is 45.2 Å². The molecule has 0 unspecified atom stereocenters. The molecule has 3 heterocycles. The number of aromatic nitrogens is 1. The van der Waals surface area contributed by atoms with Gasteiger partial charge in [0.1, 0.15) is 38.8 Å². The van der Waals surface area contributed by atoms with Gasteiger partial charge in [-0.25, -0.2) is 0 Å². The lowest BCUT2D eigenvalue weighted by Crippen LogP contribution is -2.51. The Hall–Kier alpha value is -4.65. The Morgan fingerprint density at radius 2 is 0.737 bits per heavy atom. The molecule has 3 aromatic carbocycles. The standard InChI is InChI=1S/C68H95BF2I2N2O20/c1-52-65(72)58(16-8-54-10-18-60(92-46-41-87-36-31-82-26-21-77-4)62(50-54)94-48-43-89-38-33-84-28-23-79-6)74-67(52)64(56-12-14-57(15-13-56)91-45-40-86-35-30-81-25-20-76-3)68-53(2)66(73)59(75(68)69(74,70)71)17-9-55-11-19-61(93-47-42-88-37-32-83-27-22-78-5)63(51-55)95-49-44-90-39-34-85-29-24-80-7/h8-19,50-51H,20-49H2,1-7H3/b16-8+,17-9+. The van der Waals surface area contributed by atoms with Crippen molar-refractivity contribution in [3.63, 3.8) is 0 Å². The molecule has 0 saturated heterocycles. The van der Waals surface area contributed by atoms with E-state index in [4.69, 9.17) is 94.7 Å². The first-order valence-corrected chi connectivity index (χ1v) is 34.0. The smallest absolute Gasteiger partial charge is 0.491 e. The fourth-order valence-electron chi connectivity index (χ4n) is 9.65. The summed E-state index contributed by atoms with van der Waals surface area (Å²) < 4.78 is 154. The van der Waals surface area contributed by atoms with Crippen LogP contribution in [0.25, 0.3) is 23.8 Å². The number of hydrogen-bond acceptors (Lipinski definition) is 20. The predicted octanol–water partition coefficient (Wildman–Crippen LogP) is 9.75. The van der Waals surface area contributed by atoms with Gasteiger partial charge in [-0.05, 0) is 130 Å². The van der Waals surface area contributed by atoms with Crippen LogP contribution in [0.4, 0.5) is 8.63 Å². The highest BCUT2D eigenvalue weighted by Crippen LogP contribution is 2.49. The third kappa shape index (κ3) is 26.5. The van der Waals surface area contributed by atoms with Gasteiger partial charge in [-0.1, -0.05) is 30.3 Å². The minimum Gasteiger partial charge on any atom is -0.491 e. The normalized spacial score (nSPS) is 13.7. The van der Waals surface area contributed by atoms with Crippen LogP contribution in [-0.4, -0.2) is 255 Å². The second-order valence-electron chi connectivity index (χ2n) is 21.0. The average Bonchev–Trinajstić information content (AvgIpc) is 1.55. The molecule has 27 heteroatoms. The van der Waals surface area contributed by atoms with Gasteiger partial charge in [-0.15, -0.1) is 0 Å². The monoisotopic (exact) mass is 1560 g/mol. The summed E-state index contributed by atoms with van der Waals surface area (Å²) in [7, 11) is 8.11. The highest BCUT2D eigenvalue weighted by Gasteiger charge is 2.57. The first kappa shape index (κ1) is 79.3. The second kappa shape index (κ2) is 46.6. The molecule has 1 aromatic heterocycles. The van der Waals surface area contributed by atoms with Crippen molar-refractivity contribution in [2.24, 2.45) is 0 Å². The van der Waals surface area contributed by atoms with E-state index in [1.54, 1.807) is 59.8 Å². The number of methoxy groups -OCH3 is 5. The molecular formula is C68H95BF2I2N2O20. The van der Waals surface area contributed by atoms with Crippen molar-refractivity contribution in [2.45, 2.75) is 13.8 Å². The van der Waals surface area contributed by atoms with E-state index in [-0.39, 0.29) is 39.6 Å². The van der Waals surface area contributed by atoms with Gasteiger partial charge in [-0.3, -0.25) is 0 Å². The topological polar surface area (TPSA) is 193 Å². The number of ether oxygens (including phenoxy) is 20. The Morgan fingerprint density at radius 3 is 1.12 bits per heavy atom. The fraction of sp³-hybridized carbons (Fsp3) is 0.544. The lowest BCUT2D eigenvalue weighted by Gasteiger charge is -2.34. The average molecular weight is 1560 g/mol. The van der Waals surface area contributed by atoms with Crippen LogP contribution in [0.1, 0.15) is 40.6 Å². The van der Waals surface area contributed by atoms with Gasteiger partial charge >= 0.3 is 6.97 Å². The van der Waals surface area contributed by atoms with Gasteiger partial charge in [-0.2, -0.15) is 0 Å². The molecule has 0 fully saturated rings. The van der Waals surface area contributed by atoms with Crippen molar-refractivity contribution < 1.29 is 108 Å². The van der Waals surface area contributed by atoms with Crippen LogP contribution in [0.5, 0.6) is 28.7 Å². The van der Waals surface area contributed by atoms with Crippen LogP contribution < -0.4 is 23.7 Å². The van der Waals surface area contributed by atoms with Crippen molar-refractivity contribution in [2.75, 3.05) is 234 Å². The minimum absolute atomic E-state index is 0.204. The minimum atomic E-state index is -4.61. The molecule has 0 radical (unpaired) electrons. The lowest BCUT2D eigenvalue weighted by molar-refractivity contribution is -0.362. The molecule has 0 spiro atoms. The van der Waals surface area contributed by atoms with E-state index in [0.717, 1.165) is 5.56 Å². The first-order valence-electron chi connectivity index (χ1n) is 31.8. The van der Waals surface area contributed by atoms with E-state index < -0.39 is 6.97 Å². The summed E-state index contributed by atoms with van der Waals surface area (Å²) in [5, 5.41) is 0. The Morgan fingerprint density at radius 1 is 0.400 bits per heavy atom. The van der Waals surface area contributed by atoms with Gasteiger partial charge in [0.15, 0.2) is 34.4 Å². The van der Waals surface area contributed by atoms with E-state index in [0.29, 0.717) is 245 Å². The molecule has 22 nitrogen and oxygen atoms in total. The number of rotatable bonds is 55. The third-order valence-corrected chi connectivity index (χ3v) is 17.0. The maximum absolute atomic E-state index is 18.7. The highest BCUT2D eigenvalue weighted by molar-refractivity contribution is 14.1. The molecule has 528 valence electrons. The molecule has 0 saturated carbocycles. The van der Waals surface area contributed by atoms with Crippen molar-refractivity contribution in [3.05, 3.63) is 119 Å². The number of halogens is 4. The zero-order valence-corrected chi connectivity index (χ0v) is 60.3. The maximum atomic E-state index is 18.7. The molecule has 0 atom stereocenters. The Kier molecular flexibility index (Phi) is 38.9. The van der Waals surface area contributed by atoms with E-state index >= 15 is 8.63 Å². The van der Waals surface area contributed by atoms with Crippen LogP contribution in [0.15, 0.2) is 81.6 Å². The summed E-state index contributed by atoms with van der Waals surface area (Å²) in [4.78, 5) is 0. The van der Waals surface area contributed by atoms with Crippen LogP contribution in [0, 0.1) is 10.5 Å². The zero-order chi connectivity index (χ0) is 67.7. The zero-order valence-electron chi connectivity index (χ0n) is 55.9. The van der Waals surface area contributed by atoms with E-state index in [9.17, 15) is 0 Å². The summed E-state index contributed by atoms with van der Waals surface area (Å²) in [6, 6.07) is 18.5. The molecule has 6 rings (SSSR count). The number of fused-ring (bicyclic) bond motifs is 2. The molecule has 2 aliphatic rings. The third-order valence-electron chi connectivity index (χ3n) is 14.3. The Labute approximate surface area is 585 Å². The summed E-state index contributed by atoms with van der Waals surface area (Å²) >= 11 is 4.39. The van der Waals surface area contributed by atoms with Crippen molar-refractivity contribution in [1.29, 1.82) is 0 Å². The number of nitrogens with zero attached hydrogens (tertiary/aromatic N) is 2. The van der Waals surface area contributed by atoms with Crippen LogP contribution in [0.2, 0.25) is 0 Å². The molecule has 95 heavy (non-hydrogen) atoms. The first-order chi connectivity index (χ1) is 46.5. The molecule has 0 N–H and O–H groups in total. The predicted molar refractivity (Wildman–Crippen MR) is 376 cm³/mol. The summed E-state index contributed by atoms with van der Waals surface area (Å²) in [5.74, 6) is 2.44. The van der Waals surface area contributed by atoms with Crippen LogP contribution in [0.3, 0.4) is 0 Å². The Bertz CT molecular complexity index is 3020. The summed E-state index contributed by atoms with van der Waals surface area (Å²) in [6.07, 6.45) is 7.10. The largest absolute Gasteiger partial charge is 0.737 e. The molecule has 2 aliphatic heterocycles. The highest BCUT2D eigenvalue weighted by atomic mass is 127. The SMILES string of the molecule is COCCOCCOCCOc1ccc(C2=C3C(C)=C(I)C(/C=C/c4ccc(OCCOCCOCCOC)c(OCCOCCOCCOC)c4)=[N+]3[B-](F)(F)n3c(/C=C/c4ccc(OCCOCCOCCOC)c(OCCOCCOCCOC)c4)c(I)c(C)c32)cc1. The maximum Gasteiger partial charge on any atom is 0.737 e. The van der Waals surface area contributed by atoms with Gasteiger partial charge in [0, 0.05) is 62.2 Å². The number of hydrogen-bond donors (Lipinski definition) is 0. The van der Waals surface area contributed by atoms with Gasteiger partial charge in [0.2, 0.25) is 0 Å². The van der Waals surface area contributed by atoms with E-state index in [2.05, 4.69) is 45.2 Å². The van der Waals surface area contributed by atoms with Gasteiger partial charge in [0.25, 0.3) is 0 Å². The van der Waals surface area contributed by atoms with Crippen molar-refractivity contribution in [3.8, 4) is 28.7 Å². The van der Waals surface area contributed by atoms with E-state index in [1.165, 1.54) is 8.96 Å². The number of allylic oxidation sites excluding steroid dienone is 3. The summed E-state index contributed by atoms with van der Waals surface area (Å²) in [5.41, 5.74) is 5.54. The van der Waals surface area contributed by atoms with Gasteiger partial charge in [0.05, 0.1) is 174 Å². The van der Waals surface area contributed by atoms with Crippen molar-refractivity contribution in [1.82, 2.24) is 4.48 Å². The second-order valence-corrected chi connectivity index (χ2v) is 23.1. The molecule has 0 amide bonds. The van der Waals surface area contributed by atoms with E-state index in [1.807, 2.05) is 74.5 Å².